The second kappa shape index (κ2) is 6.89. The van der Waals surface area contributed by atoms with E-state index >= 15 is 0 Å². The summed E-state index contributed by atoms with van der Waals surface area (Å²) in [5, 5.41) is 6.23. The minimum atomic E-state index is -0.221. The summed E-state index contributed by atoms with van der Waals surface area (Å²) in [6.45, 7) is 7.57. The summed E-state index contributed by atoms with van der Waals surface area (Å²) in [4.78, 5) is 31.6. The van der Waals surface area contributed by atoms with Crippen molar-refractivity contribution in [3.63, 3.8) is 0 Å². The van der Waals surface area contributed by atoms with Crippen molar-refractivity contribution in [2.75, 3.05) is 25.5 Å². The first-order valence-electron chi connectivity index (χ1n) is 9.45. The molecule has 2 amide bonds. The molecule has 1 saturated heterocycles. The van der Waals surface area contributed by atoms with Crippen molar-refractivity contribution in [3.05, 3.63) is 24.0 Å². The summed E-state index contributed by atoms with van der Waals surface area (Å²) in [6, 6.07) is 1.81. The van der Waals surface area contributed by atoms with Gasteiger partial charge in [-0.15, -0.1) is 0 Å². The van der Waals surface area contributed by atoms with Gasteiger partial charge in [0, 0.05) is 44.0 Å². The van der Waals surface area contributed by atoms with Crippen LogP contribution in [0.1, 0.15) is 56.8 Å². The maximum absolute atomic E-state index is 13.0. The molecular weight excluding hydrogens is 328 g/mol. The van der Waals surface area contributed by atoms with Gasteiger partial charge in [-0.25, -0.2) is 0 Å². The normalized spacial score (nSPS) is 23.7. The molecule has 3 rings (SSSR count). The van der Waals surface area contributed by atoms with Crippen LogP contribution in [0.5, 0.6) is 0 Å². The Kier molecular flexibility index (Phi) is 4.95. The number of pyridine rings is 1. The van der Waals surface area contributed by atoms with E-state index in [1.807, 2.05) is 24.9 Å². The van der Waals surface area contributed by atoms with E-state index in [0.717, 1.165) is 31.4 Å². The third-order valence-electron chi connectivity index (χ3n) is 5.76. The molecule has 2 heterocycles. The fraction of sp³-hybridized carbons (Fsp3) is 0.650. The summed E-state index contributed by atoms with van der Waals surface area (Å²) in [7, 11) is 1.81. The zero-order valence-corrected chi connectivity index (χ0v) is 16.3. The average molecular weight is 358 g/mol. The fourth-order valence-corrected chi connectivity index (χ4v) is 4.06. The zero-order valence-electron chi connectivity index (χ0n) is 16.3. The highest BCUT2D eigenvalue weighted by Crippen LogP contribution is 2.41. The topological polar surface area (TPSA) is 74.3 Å². The molecule has 1 saturated carbocycles. The Balaban J connectivity index is 1.72. The van der Waals surface area contributed by atoms with Crippen LogP contribution in [-0.2, 0) is 4.79 Å². The number of aromatic nitrogens is 1. The fourth-order valence-electron chi connectivity index (χ4n) is 4.06. The molecule has 26 heavy (non-hydrogen) atoms. The number of carbonyl (C=O) groups excluding carboxylic acids is 2. The molecule has 1 atom stereocenters. The molecule has 1 aromatic heterocycles. The molecule has 1 aliphatic carbocycles. The number of amides is 2. The first-order chi connectivity index (χ1) is 12.2. The van der Waals surface area contributed by atoms with Gasteiger partial charge in [0.25, 0.3) is 5.91 Å². The van der Waals surface area contributed by atoms with Crippen LogP contribution in [0.25, 0.3) is 0 Å². The van der Waals surface area contributed by atoms with E-state index in [0.29, 0.717) is 18.7 Å². The molecule has 1 aliphatic heterocycles. The van der Waals surface area contributed by atoms with Crippen LogP contribution in [-0.4, -0.2) is 47.9 Å². The first-order valence-corrected chi connectivity index (χ1v) is 9.45. The maximum Gasteiger partial charge on any atom is 0.255 e. The van der Waals surface area contributed by atoms with E-state index in [9.17, 15) is 9.59 Å². The smallest absolute Gasteiger partial charge is 0.255 e. The lowest BCUT2D eigenvalue weighted by atomic mass is 9.69. The number of nitrogens with one attached hydrogen (secondary N) is 2. The van der Waals surface area contributed by atoms with Gasteiger partial charge >= 0.3 is 0 Å². The van der Waals surface area contributed by atoms with Gasteiger partial charge < -0.3 is 15.5 Å². The second-order valence-corrected chi connectivity index (χ2v) is 8.85. The van der Waals surface area contributed by atoms with Crippen molar-refractivity contribution in [1.82, 2.24) is 15.2 Å². The van der Waals surface area contributed by atoms with Crippen molar-refractivity contribution in [3.8, 4) is 0 Å². The average Bonchev–Trinajstić information content (AvgIpc) is 2.57. The summed E-state index contributed by atoms with van der Waals surface area (Å²) >= 11 is 0. The van der Waals surface area contributed by atoms with E-state index in [1.54, 1.807) is 12.4 Å². The maximum atomic E-state index is 13.0. The van der Waals surface area contributed by atoms with Gasteiger partial charge in [0.2, 0.25) is 5.91 Å². The van der Waals surface area contributed by atoms with Crippen LogP contribution in [0.4, 0.5) is 5.69 Å². The van der Waals surface area contributed by atoms with Gasteiger partial charge in [0.1, 0.15) is 0 Å². The van der Waals surface area contributed by atoms with Crippen molar-refractivity contribution >= 4 is 17.5 Å². The standard InChI is InChI=1S/C20H30N4O2/c1-19(2)9-16(23-18(26)20(3)6-5-7-20)12-24(13-19)17(25)14-8-15(21-4)11-22-10-14/h8,10-11,16,21H,5-7,9,12-13H2,1-4H3,(H,23,26). The largest absolute Gasteiger partial charge is 0.387 e. The number of piperidine rings is 1. The molecule has 142 valence electrons. The quantitative estimate of drug-likeness (QED) is 0.868. The number of carbonyl (C=O) groups is 2. The predicted octanol–water partition coefficient (Wildman–Crippen LogP) is 2.67. The number of likely N-dealkylation sites (tertiary alicyclic amines) is 1. The lowest BCUT2D eigenvalue weighted by Crippen LogP contribution is -2.57. The van der Waals surface area contributed by atoms with Crippen LogP contribution < -0.4 is 10.6 Å². The van der Waals surface area contributed by atoms with Gasteiger partial charge in [-0.3, -0.25) is 14.6 Å². The van der Waals surface area contributed by atoms with Gasteiger partial charge in [-0.2, -0.15) is 0 Å². The van der Waals surface area contributed by atoms with Crippen LogP contribution >= 0.6 is 0 Å². The molecule has 1 unspecified atom stereocenters. The highest BCUT2D eigenvalue weighted by atomic mass is 16.2. The molecule has 0 spiro atoms. The summed E-state index contributed by atoms with van der Waals surface area (Å²) in [6.07, 6.45) is 7.22. The SMILES string of the molecule is CNc1cncc(C(=O)N2CC(NC(=O)C3(C)CCC3)CC(C)(C)C2)c1. The highest BCUT2D eigenvalue weighted by molar-refractivity contribution is 5.95. The third kappa shape index (κ3) is 3.84. The van der Waals surface area contributed by atoms with Crippen LogP contribution in [0.3, 0.4) is 0 Å². The number of hydrogen-bond donors (Lipinski definition) is 2. The predicted molar refractivity (Wildman–Crippen MR) is 102 cm³/mol. The summed E-state index contributed by atoms with van der Waals surface area (Å²) in [5.74, 6) is 0.106. The molecular formula is C20H30N4O2. The first kappa shape index (κ1) is 18.7. The van der Waals surface area contributed by atoms with Crippen molar-refractivity contribution in [2.45, 2.75) is 52.5 Å². The zero-order chi connectivity index (χ0) is 18.9. The summed E-state index contributed by atoms with van der Waals surface area (Å²) < 4.78 is 0. The third-order valence-corrected chi connectivity index (χ3v) is 5.76. The molecule has 0 radical (unpaired) electrons. The van der Waals surface area contributed by atoms with Crippen molar-refractivity contribution in [1.29, 1.82) is 0 Å². The Hall–Kier alpha value is -2.11. The van der Waals surface area contributed by atoms with Gasteiger partial charge in [0.05, 0.1) is 11.3 Å². The van der Waals surface area contributed by atoms with E-state index in [2.05, 4.69) is 29.5 Å². The van der Waals surface area contributed by atoms with Crippen LogP contribution in [0, 0.1) is 10.8 Å². The number of nitrogens with zero attached hydrogens (tertiary/aromatic N) is 2. The van der Waals surface area contributed by atoms with Crippen molar-refractivity contribution in [2.24, 2.45) is 10.8 Å². The van der Waals surface area contributed by atoms with E-state index in [4.69, 9.17) is 0 Å². The van der Waals surface area contributed by atoms with Gasteiger partial charge in [-0.05, 0) is 30.7 Å². The monoisotopic (exact) mass is 358 g/mol. The lowest BCUT2D eigenvalue weighted by molar-refractivity contribution is -0.136. The molecule has 6 nitrogen and oxygen atoms in total. The lowest BCUT2D eigenvalue weighted by Gasteiger charge is -2.44. The molecule has 0 aromatic carbocycles. The van der Waals surface area contributed by atoms with Gasteiger partial charge in [0.15, 0.2) is 0 Å². The summed E-state index contributed by atoms with van der Waals surface area (Å²) in [5.41, 5.74) is 1.13. The minimum absolute atomic E-state index is 0.00642. The van der Waals surface area contributed by atoms with Crippen LogP contribution in [0.2, 0.25) is 0 Å². The molecule has 1 aromatic rings. The molecule has 2 N–H and O–H groups in total. The number of rotatable bonds is 4. The molecule has 2 fully saturated rings. The molecule has 0 bridgehead atoms. The highest BCUT2D eigenvalue weighted by Gasteiger charge is 2.42. The van der Waals surface area contributed by atoms with Gasteiger partial charge in [-0.1, -0.05) is 27.2 Å². The Bertz CT molecular complexity index is 697. The Morgan fingerprint density at radius 1 is 1.23 bits per heavy atom. The number of hydrogen-bond acceptors (Lipinski definition) is 4. The second-order valence-electron chi connectivity index (χ2n) is 8.85. The van der Waals surface area contributed by atoms with E-state index in [1.165, 1.54) is 0 Å². The Morgan fingerprint density at radius 3 is 2.58 bits per heavy atom. The van der Waals surface area contributed by atoms with E-state index < -0.39 is 0 Å². The Morgan fingerprint density at radius 2 is 1.96 bits per heavy atom. The Labute approximate surface area is 155 Å². The molecule has 6 heteroatoms. The van der Waals surface area contributed by atoms with E-state index in [-0.39, 0.29) is 28.7 Å². The minimum Gasteiger partial charge on any atom is -0.387 e. The molecule has 2 aliphatic rings. The number of anilines is 1. The van der Waals surface area contributed by atoms with Crippen LogP contribution in [0.15, 0.2) is 18.5 Å². The van der Waals surface area contributed by atoms with Crippen molar-refractivity contribution < 1.29 is 9.59 Å².